The number of rotatable bonds is 1. The molecule has 0 spiro atoms. The summed E-state index contributed by atoms with van der Waals surface area (Å²) in [5, 5.41) is 8.05. The van der Waals surface area contributed by atoms with Gasteiger partial charge in [0.25, 0.3) is 0 Å². The summed E-state index contributed by atoms with van der Waals surface area (Å²) in [5.41, 5.74) is 0. The zero-order valence-corrected chi connectivity index (χ0v) is 3.35. The van der Waals surface area contributed by atoms with Crippen LogP contribution in [0.3, 0.4) is 0 Å². The minimum Gasteiger partial charge on any atom is -0.481 e. The number of aliphatic carboxylic acids is 1. The zero-order valence-electron chi connectivity index (χ0n) is 3.35. The van der Waals surface area contributed by atoms with Crippen molar-refractivity contribution < 1.29 is 9.90 Å². The van der Waals surface area contributed by atoms with Gasteiger partial charge in [-0.15, -0.1) is 0 Å². The number of hydrogen-bond donors (Lipinski definition) is 1. The number of carboxylic acids is 1. The predicted octanol–water partition coefficient (Wildman–Crippen LogP) is 1.12. The molecule has 1 aliphatic rings. The molecule has 2 heteroatoms. The first-order chi connectivity index (χ1) is 2.80. The molecule has 1 N–H and O–H groups in total. The van der Waals surface area contributed by atoms with E-state index in [9.17, 15) is 4.79 Å². The Balaban J connectivity index is 0.000000360. The summed E-state index contributed by atoms with van der Waals surface area (Å²) in [6, 6.07) is 0. The van der Waals surface area contributed by atoms with Crippen molar-refractivity contribution in [2.24, 2.45) is 5.92 Å². The van der Waals surface area contributed by atoms with E-state index in [1.165, 1.54) is 0 Å². The van der Waals surface area contributed by atoms with Gasteiger partial charge in [-0.2, -0.15) is 0 Å². The van der Waals surface area contributed by atoms with Gasteiger partial charge >= 0.3 is 5.97 Å². The average molecular weight is 102 g/mol. The third-order valence-corrected chi connectivity index (χ3v) is 0.927. The Morgan fingerprint density at radius 2 is 2.00 bits per heavy atom. The molecule has 2 nitrogen and oxygen atoms in total. The van der Waals surface area contributed by atoms with Gasteiger partial charge in [-0.1, -0.05) is 7.43 Å². The molecular weight excluding hydrogens is 92.1 g/mol. The summed E-state index contributed by atoms with van der Waals surface area (Å²) < 4.78 is 0. The highest BCUT2D eigenvalue weighted by Crippen LogP contribution is 2.28. The SMILES string of the molecule is C.O=C(O)C1CC1. The Bertz CT molecular complexity index is 74.1. The minimum absolute atomic E-state index is 0. The van der Waals surface area contributed by atoms with Gasteiger partial charge < -0.3 is 5.11 Å². The molecule has 7 heavy (non-hydrogen) atoms. The lowest BCUT2D eigenvalue weighted by atomic mass is 10.5. The molecule has 0 bridgehead atoms. The molecule has 1 aliphatic carbocycles. The first-order valence-electron chi connectivity index (χ1n) is 2.03. The van der Waals surface area contributed by atoms with Crippen molar-refractivity contribution in [3.8, 4) is 0 Å². The molecule has 0 radical (unpaired) electrons. The van der Waals surface area contributed by atoms with Gasteiger partial charge in [0.1, 0.15) is 0 Å². The van der Waals surface area contributed by atoms with Gasteiger partial charge in [0.2, 0.25) is 0 Å². The van der Waals surface area contributed by atoms with Crippen LogP contribution in [-0.4, -0.2) is 11.1 Å². The van der Waals surface area contributed by atoms with Gasteiger partial charge in [-0.25, -0.2) is 0 Å². The smallest absolute Gasteiger partial charge is 0.306 e. The first-order valence-corrected chi connectivity index (χ1v) is 2.03. The maximum absolute atomic E-state index is 9.76. The molecule has 0 amide bonds. The summed E-state index contributed by atoms with van der Waals surface area (Å²) in [5.74, 6) is -0.611. The van der Waals surface area contributed by atoms with E-state index in [1.807, 2.05) is 0 Å². The van der Waals surface area contributed by atoms with Crippen molar-refractivity contribution in [2.45, 2.75) is 20.3 Å². The van der Waals surface area contributed by atoms with Crippen LogP contribution in [0.2, 0.25) is 0 Å². The quantitative estimate of drug-likeness (QED) is 0.538. The standard InChI is InChI=1S/C4H6O2.CH4/c5-4(6)3-1-2-3;/h3H,1-2H2,(H,5,6);1H4. The maximum atomic E-state index is 9.76. The summed E-state index contributed by atoms with van der Waals surface area (Å²) in [7, 11) is 0. The van der Waals surface area contributed by atoms with Gasteiger partial charge in [0, 0.05) is 0 Å². The number of carboxylic acid groups (broad SMARTS) is 1. The average Bonchev–Trinajstić information content (AvgIpc) is 2.06. The van der Waals surface area contributed by atoms with Crippen molar-refractivity contribution in [3.05, 3.63) is 0 Å². The van der Waals surface area contributed by atoms with Gasteiger partial charge in [-0.3, -0.25) is 4.79 Å². The topological polar surface area (TPSA) is 37.3 Å². The second-order valence-electron chi connectivity index (χ2n) is 1.61. The van der Waals surface area contributed by atoms with Crippen LogP contribution in [-0.2, 0) is 4.79 Å². The third-order valence-electron chi connectivity index (χ3n) is 0.927. The van der Waals surface area contributed by atoms with Crippen molar-refractivity contribution in [3.63, 3.8) is 0 Å². The summed E-state index contributed by atoms with van der Waals surface area (Å²) in [6.07, 6.45) is 1.80. The fourth-order valence-electron chi connectivity index (χ4n) is 0.330. The van der Waals surface area contributed by atoms with Crippen molar-refractivity contribution >= 4 is 5.97 Å². The van der Waals surface area contributed by atoms with Crippen LogP contribution < -0.4 is 0 Å². The molecule has 0 aromatic carbocycles. The lowest BCUT2D eigenvalue weighted by Crippen LogP contribution is -1.94. The lowest BCUT2D eigenvalue weighted by molar-refractivity contribution is -0.138. The molecule has 0 aromatic heterocycles. The van der Waals surface area contributed by atoms with Crippen molar-refractivity contribution in [1.82, 2.24) is 0 Å². The van der Waals surface area contributed by atoms with E-state index < -0.39 is 5.97 Å². The summed E-state index contributed by atoms with van der Waals surface area (Å²) >= 11 is 0. The molecule has 0 aromatic rings. The van der Waals surface area contributed by atoms with Crippen molar-refractivity contribution in [1.29, 1.82) is 0 Å². The molecule has 0 heterocycles. The van der Waals surface area contributed by atoms with E-state index in [0.29, 0.717) is 0 Å². The highest BCUT2D eigenvalue weighted by Gasteiger charge is 2.28. The molecule has 1 saturated carbocycles. The van der Waals surface area contributed by atoms with Crippen LogP contribution in [0, 0.1) is 5.92 Å². The van der Waals surface area contributed by atoms with E-state index in [1.54, 1.807) is 0 Å². The van der Waals surface area contributed by atoms with Gasteiger partial charge in [0.05, 0.1) is 5.92 Å². The molecule has 0 aliphatic heterocycles. The lowest BCUT2D eigenvalue weighted by Gasteiger charge is -1.75. The van der Waals surface area contributed by atoms with Gasteiger partial charge in [-0.05, 0) is 12.8 Å². The summed E-state index contributed by atoms with van der Waals surface area (Å²) in [4.78, 5) is 9.76. The van der Waals surface area contributed by atoms with Crippen LogP contribution in [0.15, 0.2) is 0 Å². The molecule has 0 atom stereocenters. The van der Waals surface area contributed by atoms with Crippen LogP contribution in [0.1, 0.15) is 20.3 Å². The second-order valence-corrected chi connectivity index (χ2v) is 1.61. The van der Waals surface area contributed by atoms with Crippen LogP contribution in [0.5, 0.6) is 0 Å². The minimum atomic E-state index is -0.630. The second kappa shape index (κ2) is 1.96. The normalized spacial score (nSPS) is 17.7. The Hall–Kier alpha value is -0.530. The monoisotopic (exact) mass is 102 g/mol. The molecule has 0 saturated heterocycles. The molecule has 1 fully saturated rings. The van der Waals surface area contributed by atoms with E-state index in [-0.39, 0.29) is 13.3 Å². The number of carbonyl (C=O) groups is 1. The molecule has 1 rings (SSSR count). The Morgan fingerprint density at radius 1 is 1.57 bits per heavy atom. The third kappa shape index (κ3) is 1.57. The van der Waals surface area contributed by atoms with E-state index >= 15 is 0 Å². The number of hydrogen-bond acceptors (Lipinski definition) is 1. The predicted molar refractivity (Wildman–Crippen MR) is 27.1 cm³/mol. The fourth-order valence-corrected chi connectivity index (χ4v) is 0.330. The highest BCUT2D eigenvalue weighted by atomic mass is 16.4. The van der Waals surface area contributed by atoms with Gasteiger partial charge in [0.15, 0.2) is 0 Å². The summed E-state index contributed by atoms with van der Waals surface area (Å²) in [6.45, 7) is 0. The maximum Gasteiger partial charge on any atom is 0.306 e. The van der Waals surface area contributed by atoms with Crippen LogP contribution >= 0.6 is 0 Å². The molecular formula is C5H10O2. The molecule has 0 unspecified atom stereocenters. The van der Waals surface area contributed by atoms with E-state index in [2.05, 4.69) is 0 Å². The van der Waals surface area contributed by atoms with Crippen LogP contribution in [0.25, 0.3) is 0 Å². The highest BCUT2D eigenvalue weighted by molar-refractivity contribution is 5.72. The van der Waals surface area contributed by atoms with E-state index in [4.69, 9.17) is 5.11 Å². The zero-order chi connectivity index (χ0) is 4.57. The van der Waals surface area contributed by atoms with E-state index in [0.717, 1.165) is 12.8 Å². The van der Waals surface area contributed by atoms with Crippen LogP contribution in [0.4, 0.5) is 0 Å². The molecule has 42 valence electrons. The fraction of sp³-hybridized carbons (Fsp3) is 0.800. The Labute approximate surface area is 43.2 Å². The Kier molecular flexibility index (Phi) is 1.81. The Morgan fingerprint density at radius 3 is 2.00 bits per heavy atom. The largest absolute Gasteiger partial charge is 0.481 e. The first kappa shape index (κ1) is 6.47. The van der Waals surface area contributed by atoms with Crippen molar-refractivity contribution in [2.75, 3.05) is 0 Å².